The average molecular weight is 482 g/mol. The van der Waals surface area contributed by atoms with Gasteiger partial charge in [-0.15, -0.1) is 0 Å². The summed E-state index contributed by atoms with van der Waals surface area (Å²) < 4.78 is 4.05. The van der Waals surface area contributed by atoms with Crippen molar-refractivity contribution in [3.63, 3.8) is 0 Å². The first-order valence-corrected chi connectivity index (χ1v) is 12.8. The predicted molar refractivity (Wildman–Crippen MR) is 139 cm³/mol. The highest BCUT2D eigenvalue weighted by molar-refractivity contribution is 6.08. The van der Waals surface area contributed by atoms with E-state index < -0.39 is 5.54 Å². The highest BCUT2D eigenvalue weighted by Crippen LogP contribution is 2.38. The number of carbonyl (C=O) groups excluding carboxylic acids is 2. The molecule has 6 rings (SSSR count). The van der Waals surface area contributed by atoms with Crippen LogP contribution in [0.5, 0.6) is 0 Å². The van der Waals surface area contributed by atoms with Crippen molar-refractivity contribution in [2.24, 2.45) is 0 Å². The van der Waals surface area contributed by atoms with Crippen molar-refractivity contribution < 1.29 is 9.59 Å². The van der Waals surface area contributed by atoms with E-state index in [1.807, 2.05) is 77.0 Å². The number of benzene rings is 1. The summed E-state index contributed by atoms with van der Waals surface area (Å²) in [6.07, 6.45) is 12.9. The fraction of sp³-hybridized carbons (Fsp3) is 0.345. The van der Waals surface area contributed by atoms with Gasteiger partial charge in [0, 0.05) is 42.8 Å². The molecule has 0 spiro atoms. The molecule has 1 saturated carbocycles. The fourth-order valence-electron chi connectivity index (χ4n) is 5.86. The molecule has 1 aliphatic carbocycles. The molecule has 1 fully saturated rings. The van der Waals surface area contributed by atoms with Gasteiger partial charge >= 0.3 is 0 Å². The highest BCUT2D eigenvalue weighted by atomic mass is 16.2. The second-order valence-corrected chi connectivity index (χ2v) is 10.2. The molecule has 3 aromatic heterocycles. The number of hydrogen-bond acceptors (Lipinski definition) is 3. The molecule has 2 aliphatic rings. The maximum absolute atomic E-state index is 14.4. The van der Waals surface area contributed by atoms with Gasteiger partial charge in [-0.2, -0.15) is 0 Å². The van der Waals surface area contributed by atoms with Gasteiger partial charge in [0.2, 0.25) is 5.91 Å². The first-order chi connectivity index (χ1) is 17.6. The molecule has 7 heteroatoms. The number of hydrogen-bond donors (Lipinski definition) is 1. The average Bonchev–Trinajstić information content (AvgIpc) is 3.54. The first-order valence-electron chi connectivity index (χ1n) is 12.8. The van der Waals surface area contributed by atoms with Crippen LogP contribution >= 0.6 is 0 Å². The second kappa shape index (κ2) is 8.97. The summed E-state index contributed by atoms with van der Waals surface area (Å²) in [6, 6.07) is 16.0. The Morgan fingerprint density at radius 2 is 1.83 bits per heavy atom. The Hall–Kier alpha value is -3.87. The van der Waals surface area contributed by atoms with Crippen molar-refractivity contribution in [2.45, 2.75) is 63.7 Å². The molecule has 4 aromatic rings. The summed E-state index contributed by atoms with van der Waals surface area (Å²) in [5, 5.41) is 4.31. The third kappa shape index (κ3) is 3.70. The molecule has 1 N–H and O–H groups in total. The quantitative estimate of drug-likeness (QED) is 0.450. The Bertz CT molecular complexity index is 1400. The van der Waals surface area contributed by atoms with E-state index in [1.54, 1.807) is 17.3 Å². The van der Waals surface area contributed by atoms with Crippen molar-refractivity contribution in [1.82, 2.24) is 24.3 Å². The predicted octanol–water partition coefficient (Wildman–Crippen LogP) is 4.69. The van der Waals surface area contributed by atoms with Crippen molar-refractivity contribution in [3.8, 4) is 5.69 Å². The van der Waals surface area contributed by atoms with E-state index in [2.05, 4.69) is 10.3 Å². The molecule has 0 saturated heterocycles. The maximum atomic E-state index is 14.4. The van der Waals surface area contributed by atoms with E-state index in [0.29, 0.717) is 18.8 Å². The van der Waals surface area contributed by atoms with Gasteiger partial charge in [0.05, 0.1) is 17.7 Å². The fourth-order valence-corrected chi connectivity index (χ4v) is 5.86. The van der Waals surface area contributed by atoms with E-state index in [1.165, 1.54) is 6.42 Å². The summed E-state index contributed by atoms with van der Waals surface area (Å²) in [5.74, 6) is -0.233. The molecular weight excluding hydrogens is 450 g/mol. The molecule has 1 atom stereocenters. The third-order valence-electron chi connectivity index (χ3n) is 7.81. The topological polar surface area (TPSA) is 72.2 Å². The molecule has 0 unspecified atom stereocenters. The van der Waals surface area contributed by atoms with Crippen LogP contribution in [-0.4, -0.2) is 42.4 Å². The molecule has 184 valence electrons. The number of nitrogens with zero attached hydrogens (tertiary/aromatic N) is 4. The number of carbonyl (C=O) groups is 2. The lowest BCUT2D eigenvalue weighted by Gasteiger charge is -2.45. The SMILES string of the molecule is C[C@]1(C(=O)NC2CCCCC2)Cn2c(c(-n3cccc3)c3ccccc32)C(=O)N1Cc1cccnc1. The van der Waals surface area contributed by atoms with Crippen molar-refractivity contribution in [1.29, 1.82) is 0 Å². The summed E-state index contributed by atoms with van der Waals surface area (Å²) in [6.45, 7) is 2.61. The highest BCUT2D eigenvalue weighted by Gasteiger charge is 2.49. The third-order valence-corrected chi connectivity index (χ3v) is 7.81. The van der Waals surface area contributed by atoms with Crippen LogP contribution in [0.15, 0.2) is 73.3 Å². The number of fused-ring (bicyclic) bond motifs is 3. The zero-order valence-corrected chi connectivity index (χ0v) is 20.6. The van der Waals surface area contributed by atoms with Gasteiger partial charge in [0.15, 0.2) is 0 Å². The number of nitrogens with one attached hydrogen (secondary N) is 1. The van der Waals surface area contributed by atoms with E-state index in [9.17, 15) is 9.59 Å². The molecule has 1 aromatic carbocycles. The van der Waals surface area contributed by atoms with Crippen molar-refractivity contribution >= 4 is 22.7 Å². The number of rotatable bonds is 5. The van der Waals surface area contributed by atoms with E-state index in [4.69, 9.17) is 0 Å². The van der Waals surface area contributed by atoms with E-state index >= 15 is 0 Å². The van der Waals surface area contributed by atoms with E-state index in [0.717, 1.165) is 47.8 Å². The number of pyridine rings is 1. The monoisotopic (exact) mass is 481 g/mol. The molecule has 2 amide bonds. The largest absolute Gasteiger partial charge is 0.351 e. The Morgan fingerprint density at radius 1 is 1.06 bits per heavy atom. The van der Waals surface area contributed by atoms with Gasteiger partial charge in [-0.3, -0.25) is 14.6 Å². The zero-order valence-electron chi connectivity index (χ0n) is 20.6. The van der Waals surface area contributed by atoms with Crippen LogP contribution in [0.3, 0.4) is 0 Å². The van der Waals surface area contributed by atoms with Gasteiger partial charge in [-0.25, -0.2) is 0 Å². The van der Waals surface area contributed by atoms with Gasteiger partial charge in [-0.1, -0.05) is 43.5 Å². The minimum atomic E-state index is -1.05. The lowest BCUT2D eigenvalue weighted by atomic mass is 9.91. The van der Waals surface area contributed by atoms with Crippen LogP contribution in [0.4, 0.5) is 0 Å². The Morgan fingerprint density at radius 3 is 2.58 bits per heavy atom. The normalized spacial score (nSPS) is 20.5. The molecule has 7 nitrogen and oxygen atoms in total. The minimum Gasteiger partial charge on any atom is -0.351 e. The van der Waals surface area contributed by atoms with Crippen LogP contribution in [0.2, 0.25) is 0 Å². The first kappa shape index (κ1) is 22.6. The van der Waals surface area contributed by atoms with Crippen LogP contribution in [0.1, 0.15) is 55.1 Å². The zero-order chi connectivity index (χ0) is 24.7. The smallest absolute Gasteiger partial charge is 0.273 e. The van der Waals surface area contributed by atoms with E-state index in [-0.39, 0.29) is 17.9 Å². The molecule has 0 radical (unpaired) electrons. The van der Waals surface area contributed by atoms with Crippen LogP contribution < -0.4 is 5.32 Å². The summed E-state index contributed by atoms with van der Waals surface area (Å²) >= 11 is 0. The second-order valence-electron chi connectivity index (χ2n) is 10.2. The van der Waals surface area contributed by atoms with Crippen molar-refractivity contribution in [3.05, 3.63) is 84.6 Å². The van der Waals surface area contributed by atoms with Gasteiger partial charge < -0.3 is 19.4 Å². The lowest BCUT2D eigenvalue weighted by Crippen LogP contribution is -2.64. The number of aromatic nitrogens is 3. The summed E-state index contributed by atoms with van der Waals surface area (Å²) in [4.78, 5) is 34.4. The lowest BCUT2D eigenvalue weighted by molar-refractivity contribution is -0.134. The van der Waals surface area contributed by atoms with Crippen LogP contribution in [0.25, 0.3) is 16.6 Å². The molecule has 36 heavy (non-hydrogen) atoms. The summed E-state index contributed by atoms with van der Waals surface area (Å²) in [7, 11) is 0. The molecule has 4 heterocycles. The van der Waals surface area contributed by atoms with Crippen LogP contribution in [-0.2, 0) is 17.9 Å². The van der Waals surface area contributed by atoms with Gasteiger partial charge in [0.25, 0.3) is 5.91 Å². The van der Waals surface area contributed by atoms with Gasteiger partial charge in [-0.05, 0) is 49.6 Å². The van der Waals surface area contributed by atoms with Crippen LogP contribution in [0, 0.1) is 0 Å². The molecule has 0 bridgehead atoms. The van der Waals surface area contributed by atoms with Crippen molar-refractivity contribution in [2.75, 3.05) is 0 Å². The maximum Gasteiger partial charge on any atom is 0.273 e. The minimum absolute atomic E-state index is 0.0856. The summed E-state index contributed by atoms with van der Waals surface area (Å²) in [5.41, 5.74) is 2.27. The van der Waals surface area contributed by atoms with Gasteiger partial charge in [0.1, 0.15) is 11.2 Å². The Labute approximate surface area is 210 Å². The molecule has 1 aliphatic heterocycles. The number of amides is 2. The number of para-hydroxylation sites is 1. The Kier molecular flexibility index (Phi) is 5.63. The Balaban J connectivity index is 1.49. The molecular formula is C29H31N5O2. The standard InChI is InChI=1S/C29H31N5O2/c1-29(28(36)31-22-11-3-2-4-12-22)20-33-24-14-6-5-13-23(24)25(32-16-7-8-17-32)26(33)27(35)34(29)19-21-10-9-15-30-18-21/h5-10,13-18,22H,2-4,11-12,19-20H2,1H3,(H,31,36)/t29-/m1/s1.